The van der Waals surface area contributed by atoms with Crippen molar-refractivity contribution < 1.29 is 14.7 Å². The Balaban J connectivity index is 1.51. The highest BCUT2D eigenvalue weighted by Crippen LogP contribution is 2.70. The number of allylic oxidation sites excluding steroid dienone is 4. The summed E-state index contributed by atoms with van der Waals surface area (Å²) in [5.74, 6) is 1.75. The normalized spacial score (nSPS) is 38.0. The number of ketones is 1. The van der Waals surface area contributed by atoms with Crippen molar-refractivity contribution in [2.75, 3.05) is 6.61 Å². The van der Waals surface area contributed by atoms with E-state index in [4.69, 9.17) is 9.94 Å². The third kappa shape index (κ3) is 2.92. The fraction of sp³-hybridized carbons (Fsp3) is 0.517. The summed E-state index contributed by atoms with van der Waals surface area (Å²) in [6.45, 7) is 7.80. The smallest absolute Gasteiger partial charge is 0.156 e. The molecule has 1 aromatic rings. The zero-order chi connectivity index (χ0) is 22.8. The molecule has 33 heavy (non-hydrogen) atoms. The Kier molecular flexibility index (Phi) is 4.81. The lowest BCUT2D eigenvalue weighted by molar-refractivity contribution is -0.114. The molecule has 0 amide bonds. The molecule has 1 spiro atoms. The van der Waals surface area contributed by atoms with Crippen LogP contribution in [0.5, 0.6) is 0 Å². The Hall–Kier alpha value is -2.46. The van der Waals surface area contributed by atoms with Gasteiger partial charge in [-0.15, -0.1) is 0 Å². The largest absolute Gasteiger partial charge is 0.411 e. The summed E-state index contributed by atoms with van der Waals surface area (Å²) in [5.41, 5.74) is 7.78. The van der Waals surface area contributed by atoms with Crippen molar-refractivity contribution in [1.29, 1.82) is 0 Å². The quantitative estimate of drug-likeness (QED) is 0.260. The van der Waals surface area contributed by atoms with Crippen LogP contribution in [0.4, 0.5) is 0 Å². The maximum absolute atomic E-state index is 12.2. The Bertz CT molecular complexity index is 1110. The van der Waals surface area contributed by atoms with E-state index in [0.717, 1.165) is 50.7 Å². The van der Waals surface area contributed by atoms with Gasteiger partial charge in [0.25, 0.3) is 0 Å². The summed E-state index contributed by atoms with van der Waals surface area (Å²) in [7, 11) is 0. The highest BCUT2D eigenvalue weighted by atomic mass is 16.5. The molecule has 2 saturated carbocycles. The van der Waals surface area contributed by atoms with Crippen molar-refractivity contribution in [2.45, 2.75) is 69.8 Å². The van der Waals surface area contributed by atoms with Crippen LogP contribution in [0, 0.1) is 17.3 Å². The molecule has 5 aliphatic rings. The molecule has 4 nitrogen and oxygen atoms in total. The lowest BCUT2D eigenvalue weighted by Gasteiger charge is -2.55. The van der Waals surface area contributed by atoms with Crippen LogP contribution in [-0.2, 0) is 9.53 Å². The highest BCUT2D eigenvalue weighted by molar-refractivity contribution is 5.93. The van der Waals surface area contributed by atoms with Crippen LogP contribution >= 0.6 is 0 Å². The van der Waals surface area contributed by atoms with Gasteiger partial charge >= 0.3 is 0 Å². The van der Waals surface area contributed by atoms with E-state index in [1.807, 2.05) is 18.2 Å². The zero-order valence-corrected chi connectivity index (χ0v) is 19.5. The molecular formula is C29H33NO3. The molecule has 5 atom stereocenters. The van der Waals surface area contributed by atoms with Crippen molar-refractivity contribution in [3.63, 3.8) is 0 Å². The number of oxime groups is 1. The Morgan fingerprint density at radius 3 is 2.70 bits per heavy atom. The Morgan fingerprint density at radius 2 is 1.97 bits per heavy atom. The van der Waals surface area contributed by atoms with Gasteiger partial charge in [-0.3, -0.25) is 4.79 Å². The predicted molar refractivity (Wildman–Crippen MR) is 129 cm³/mol. The summed E-state index contributed by atoms with van der Waals surface area (Å²) >= 11 is 0. The number of rotatable bonds is 2. The van der Waals surface area contributed by atoms with Crippen LogP contribution in [0.1, 0.15) is 75.3 Å². The maximum Gasteiger partial charge on any atom is 0.156 e. The van der Waals surface area contributed by atoms with Crippen molar-refractivity contribution >= 4 is 12.0 Å². The van der Waals surface area contributed by atoms with E-state index in [1.165, 1.54) is 34.9 Å². The van der Waals surface area contributed by atoms with Gasteiger partial charge in [0.1, 0.15) is 0 Å². The van der Waals surface area contributed by atoms with Gasteiger partial charge in [0.05, 0.1) is 18.4 Å². The van der Waals surface area contributed by atoms with Gasteiger partial charge in [0.2, 0.25) is 0 Å². The topological polar surface area (TPSA) is 58.9 Å². The van der Waals surface area contributed by atoms with Crippen LogP contribution in [0.2, 0.25) is 0 Å². The fourth-order valence-corrected chi connectivity index (χ4v) is 8.30. The summed E-state index contributed by atoms with van der Waals surface area (Å²) < 4.78 is 6.61. The van der Waals surface area contributed by atoms with Gasteiger partial charge in [0, 0.05) is 17.8 Å². The summed E-state index contributed by atoms with van der Waals surface area (Å²) in [6, 6.07) is 8.49. The average molecular weight is 444 g/mol. The van der Waals surface area contributed by atoms with Gasteiger partial charge in [-0.25, -0.2) is 0 Å². The van der Waals surface area contributed by atoms with E-state index < -0.39 is 0 Å². The molecule has 4 heteroatoms. The second kappa shape index (κ2) is 7.53. The Labute approximate surface area is 196 Å². The maximum atomic E-state index is 12.2. The van der Waals surface area contributed by atoms with E-state index in [9.17, 15) is 4.79 Å². The molecule has 2 unspecified atom stereocenters. The van der Waals surface area contributed by atoms with Crippen LogP contribution in [0.15, 0.2) is 64.4 Å². The zero-order valence-electron chi connectivity index (χ0n) is 19.5. The highest BCUT2D eigenvalue weighted by Gasteiger charge is 2.65. The van der Waals surface area contributed by atoms with Crippen molar-refractivity contribution in [1.82, 2.24) is 0 Å². The average Bonchev–Trinajstić information content (AvgIpc) is 3.34. The van der Waals surface area contributed by atoms with Crippen molar-refractivity contribution in [3.05, 3.63) is 70.3 Å². The SMILES string of the molecule is C=C1CCO[C@@]12CCC1C3CCC4=CC(=O)CCC4=C3[C@@H](c3ccc(C=NO)cc3)C[C@@]12C. The van der Waals surface area contributed by atoms with E-state index in [0.29, 0.717) is 24.2 Å². The van der Waals surface area contributed by atoms with Crippen molar-refractivity contribution in [3.8, 4) is 0 Å². The van der Waals surface area contributed by atoms with Gasteiger partial charge < -0.3 is 9.94 Å². The summed E-state index contributed by atoms with van der Waals surface area (Å²) in [5, 5.41) is 12.1. The van der Waals surface area contributed by atoms with Crippen LogP contribution in [-0.4, -0.2) is 29.4 Å². The Morgan fingerprint density at radius 1 is 1.15 bits per heavy atom. The molecule has 0 radical (unpaired) electrons. The molecule has 1 aromatic carbocycles. The number of benzene rings is 1. The number of carbonyl (C=O) groups is 1. The molecule has 0 aromatic heterocycles. The second-order valence-electron chi connectivity index (χ2n) is 11.0. The second-order valence-corrected chi connectivity index (χ2v) is 11.0. The number of hydrogen-bond acceptors (Lipinski definition) is 4. The third-order valence-electron chi connectivity index (χ3n) is 9.72. The van der Waals surface area contributed by atoms with Crippen LogP contribution < -0.4 is 0 Å². The standard InChI is InChI=1S/C29H33NO3/c1-18-12-14-33-29(18)13-11-26-24-9-7-21-15-22(31)8-10-23(21)27(24)25(16-28(26,29)2)20-5-3-19(4-6-20)17-30-32/h3-6,15,17,24-26,32H,1,7-14,16H2,2H3/t24?,25-,26?,28+,29+/m1/s1. The van der Waals surface area contributed by atoms with Gasteiger partial charge in [0.15, 0.2) is 5.78 Å². The molecule has 0 bridgehead atoms. The molecule has 1 heterocycles. The minimum Gasteiger partial charge on any atom is -0.411 e. The minimum absolute atomic E-state index is 0.0664. The third-order valence-corrected chi connectivity index (χ3v) is 9.72. The summed E-state index contributed by atoms with van der Waals surface area (Å²) in [4.78, 5) is 12.2. The van der Waals surface area contributed by atoms with Gasteiger partial charge in [-0.1, -0.05) is 48.5 Å². The van der Waals surface area contributed by atoms with Gasteiger partial charge in [-0.05, 0) is 90.7 Å². The fourth-order valence-electron chi connectivity index (χ4n) is 8.30. The molecule has 1 saturated heterocycles. The number of hydrogen-bond donors (Lipinski definition) is 1. The number of ether oxygens (including phenoxy) is 1. The lowest BCUT2D eigenvalue weighted by atomic mass is 9.50. The van der Waals surface area contributed by atoms with Crippen LogP contribution in [0.25, 0.3) is 0 Å². The first-order valence-electron chi connectivity index (χ1n) is 12.5. The molecule has 6 rings (SSSR count). The number of carbonyl (C=O) groups excluding carboxylic acids is 1. The first-order valence-corrected chi connectivity index (χ1v) is 12.5. The minimum atomic E-state index is -0.186. The van der Waals surface area contributed by atoms with E-state index in [2.05, 4.69) is 30.8 Å². The molecular weight excluding hydrogens is 410 g/mol. The molecule has 1 aliphatic heterocycles. The lowest BCUT2D eigenvalue weighted by Crippen LogP contribution is -2.52. The van der Waals surface area contributed by atoms with E-state index >= 15 is 0 Å². The first-order chi connectivity index (χ1) is 16.0. The molecule has 4 aliphatic carbocycles. The van der Waals surface area contributed by atoms with Crippen LogP contribution in [0.3, 0.4) is 0 Å². The molecule has 1 N–H and O–H groups in total. The molecule has 3 fully saturated rings. The van der Waals surface area contributed by atoms with Crippen molar-refractivity contribution in [2.24, 2.45) is 22.4 Å². The number of nitrogens with zero attached hydrogens (tertiary/aromatic N) is 1. The van der Waals surface area contributed by atoms with Gasteiger partial charge in [-0.2, -0.15) is 0 Å². The predicted octanol–water partition coefficient (Wildman–Crippen LogP) is 6.11. The monoisotopic (exact) mass is 443 g/mol. The summed E-state index contributed by atoms with van der Waals surface area (Å²) in [6.07, 6.45) is 11.4. The van der Waals surface area contributed by atoms with E-state index in [-0.39, 0.29) is 16.8 Å². The van der Waals surface area contributed by atoms with E-state index in [1.54, 1.807) is 5.57 Å². The number of fused-ring (bicyclic) bond motifs is 5. The first kappa shape index (κ1) is 21.1. The molecule has 172 valence electrons.